The van der Waals surface area contributed by atoms with E-state index in [1.165, 1.54) is 0 Å². The van der Waals surface area contributed by atoms with Gasteiger partial charge in [0.1, 0.15) is 0 Å². The monoisotopic (exact) mass is 388 g/mol. The molecular weight excluding hydrogens is 354 g/mol. The fraction of sp³-hybridized carbons (Fsp3) is 0.950. The van der Waals surface area contributed by atoms with E-state index in [9.17, 15) is 13.6 Å². The highest BCUT2D eigenvalue weighted by molar-refractivity contribution is 5.76. The summed E-state index contributed by atoms with van der Waals surface area (Å²) in [4.78, 5) is 16.7. The zero-order chi connectivity index (χ0) is 19.3. The lowest BCUT2D eigenvalue weighted by atomic mass is 9.84. The molecule has 0 bridgehead atoms. The van der Waals surface area contributed by atoms with Gasteiger partial charge < -0.3 is 19.3 Å². The van der Waals surface area contributed by atoms with Gasteiger partial charge in [-0.3, -0.25) is 4.79 Å². The number of halogens is 2. The Bertz CT molecular complexity index is 486. The molecule has 1 aliphatic carbocycles. The highest BCUT2D eigenvalue weighted by Crippen LogP contribution is 2.37. The van der Waals surface area contributed by atoms with E-state index in [2.05, 4.69) is 4.90 Å². The Hall–Kier alpha value is -0.790. The van der Waals surface area contributed by atoms with Gasteiger partial charge in [0.2, 0.25) is 11.8 Å². The molecule has 3 rings (SSSR count). The first-order valence-corrected chi connectivity index (χ1v) is 10.5. The topological polar surface area (TPSA) is 42.0 Å². The van der Waals surface area contributed by atoms with Gasteiger partial charge in [-0.1, -0.05) is 0 Å². The Balaban J connectivity index is 1.43. The van der Waals surface area contributed by atoms with Gasteiger partial charge in [-0.2, -0.15) is 0 Å². The van der Waals surface area contributed by atoms with Gasteiger partial charge in [-0.15, -0.1) is 0 Å². The highest BCUT2D eigenvalue weighted by Gasteiger charge is 2.42. The number of hydrogen-bond donors (Lipinski definition) is 0. The van der Waals surface area contributed by atoms with Gasteiger partial charge in [0, 0.05) is 52.2 Å². The zero-order valence-electron chi connectivity index (χ0n) is 16.6. The van der Waals surface area contributed by atoms with E-state index in [0.717, 1.165) is 32.5 Å². The van der Waals surface area contributed by atoms with Crippen LogP contribution >= 0.6 is 0 Å². The summed E-state index contributed by atoms with van der Waals surface area (Å²) in [5.74, 6) is -1.91. The minimum Gasteiger partial charge on any atom is -0.381 e. The molecule has 0 aromatic carbocycles. The Morgan fingerprint density at radius 1 is 1.15 bits per heavy atom. The number of amides is 1. The summed E-state index contributed by atoms with van der Waals surface area (Å²) in [6.07, 6.45) is 3.59. The summed E-state index contributed by atoms with van der Waals surface area (Å²) in [5, 5.41) is 0. The molecule has 7 heteroatoms. The highest BCUT2D eigenvalue weighted by atomic mass is 19.3. The zero-order valence-corrected chi connectivity index (χ0v) is 16.6. The third-order valence-electron chi connectivity index (χ3n) is 6.39. The van der Waals surface area contributed by atoms with Gasteiger partial charge >= 0.3 is 0 Å². The number of likely N-dealkylation sites (tertiary alicyclic amines) is 1. The number of morpholine rings is 1. The van der Waals surface area contributed by atoms with Crippen molar-refractivity contribution in [1.29, 1.82) is 0 Å². The summed E-state index contributed by atoms with van der Waals surface area (Å²) < 4.78 is 38.1. The first-order chi connectivity index (χ1) is 12.9. The summed E-state index contributed by atoms with van der Waals surface area (Å²) in [7, 11) is 0. The van der Waals surface area contributed by atoms with Crippen LogP contribution in [-0.2, 0) is 14.3 Å². The number of carbonyl (C=O) groups excluding carboxylic acids is 1. The van der Waals surface area contributed by atoms with Gasteiger partial charge in [0.15, 0.2) is 0 Å². The van der Waals surface area contributed by atoms with Crippen LogP contribution in [0.2, 0.25) is 0 Å². The second-order valence-electron chi connectivity index (χ2n) is 8.39. The molecular formula is C20H34F2N2O3. The van der Waals surface area contributed by atoms with E-state index < -0.39 is 5.92 Å². The second kappa shape index (κ2) is 9.14. The van der Waals surface area contributed by atoms with Crippen molar-refractivity contribution in [2.45, 2.75) is 63.4 Å². The Kier molecular flexibility index (Phi) is 7.08. The molecule has 3 fully saturated rings. The minimum atomic E-state index is -2.45. The molecule has 0 aromatic rings. The molecule has 2 heterocycles. The van der Waals surface area contributed by atoms with Crippen molar-refractivity contribution < 1.29 is 23.0 Å². The summed E-state index contributed by atoms with van der Waals surface area (Å²) in [5.41, 5.74) is -0.227. The van der Waals surface area contributed by atoms with Crippen LogP contribution in [0.4, 0.5) is 8.78 Å². The van der Waals surface area contributed by atoms with Gasteiger partial charge in [-0.05, 0) is 38.5 Å². The summed E-state index contributed by atoms with van der Waals surface area (Å²) in [6.45, 7) is 7.74. The number of carbonyl (C=O) groups is 1. The van der Waals surface area contributed by atoms with Crippen LogP contribution in [0.25, 0.3) is 0 Å². The number of ether oxygens (including phenoxy) is 2. The summed E-state index contributed by atoms with van der Waals surface area (Å²) >= 11 is 0. The second-order valence-corrected chi connectivity index (χ2v) is 8.39. The largest absolute Gasteiger partial charge is 0.381 e. The van der Waals surface area contributed by atoms with E-state index in [0.29, 0.717) is 58.1 Å². The molecule has 0 aromatic heterocycles. The molecule has 3 aliphatic rings. The van der Waals surface area contributed by atoms with Crippen LogP contribution in [0.3, 0.4) is 0 Å². The van der Waals surface area contributed by atoms with E-state index >= 15 is 0 Å². The fourth-order valence-electron chi connectivity index (χ4n) is 4.61. The molecule has 0 atom stereocenters. The Morgan fingerprint density at radius 3 is 2.52 bits per heavy atom. The smallest absolute Gasteiger partial charge is 0.248 e. The maximum atomic E-state index is 13.3. The van der Waals surface area contributed by atoms with Crippen molar-refractivity contribution in [2.24, 2.45) is 5.92 Å². The average molecular weight is 388 g/mol. The maximum Gasteiger partial charge on any atom is 0.248 e. The molecule has 0 radical (unpaired) electrons. The SMILES string of the molecule is CCOCCC(=O)N1CCOC2(CCN(CC3CCC(F)(F)CC3)CC2)C1. The average Bonchev–Trinajstić information content (AvgIpc) is 2.66. The van der Waals surface area contributed by atoms with E-state index in [1.807, 2.05) is 11.8 Å². The van der Waals surface area contributed by atoms with Crippen LogP contribution in [-0.4, -0.2) is 79.8 Å². The maximum absolute atomic E-state index is 13.3. The predicted octanol–water partition coefficient (Wildman–Crippen LogP) is 2.93. The quantitative estimate of drug-likeness (QED) is 0.656. The van der Waals surface area contributed by atoms with Crippen LogP contribution in [0, 0.1) is 5.92 Å². The lowest BCUT2D eigenvalue weighted by Crippen LogP contribution is -2.58. The number of alkyl halides is 2. The molecule has 0 N–H and O–H groups in total. The van der Waals surface area contributed by atoms with Crippen molar-refractivity contribution in [1.82, 2.24) is 9.80 Å². The molecule has 0 unspecified atom stereocenters. The van der Waals surface area contributed by atoms with Crippen LogP contribution in [0.1, 0.15) is 51.9 Å². The van der Waals surface area contributed by atoms with E-state index in [4.69, 9.17) is 9.47 Å². The molecule has 27 heavy (non-hydrogen) atoms. The molecule has 1 amide bonds. The van der Waals surface area contributed by atoms with Crippen molar-refractivity contribution >= 4 is 5.91 Å². The van der Waals surface area contributed by atoms with Gasteiger partial charge in [0.25, 0.3) is 0 Å². The fourth-order valence-corrected chi connectivity index (χ4v) is 4.61. The van der Waals surface area contributed by atoms with Crippen molar-refractivity contribution in [2.75, 3.05) is 52.5 Å². The van der Waals surface area contributed by atoms with Gasteiger partial charge in [-0.25, -0.2) is 8.78 Å². The van der Waals surface area contributed by atoms with Crippen LogP contribution < -0.4 is 0 Å². The Morgan fingerprint density at radius 2 is 1.85 bits per heavy atom. The number of rotatable bonds is 6. The van der Waals surface area contributed by atoms with Crippen LogP contribution in [0.5, 0.6) is 0 Å². The van der Waals surface area contributed by atoms with E-state index in [-0.39, 0.29) is 24.3 Å². The third-order valence-corrected chi connectivity index (χ3v) is 6.39. The molecule has 5 nitrogen and oxygen atoms in total. The van der Waals surface area contributed by atoms with E-state index in [1.54, 1.807) is 0 Å². The first kappa shape index (κ1) is 20.9. The molecule has 156 valence electrons. The lowest BCUT2D eigenvalue weighted by Gasteiger charge is -2.48. The number of piperidine rings is 1. The Labute approximate surface area is 161 Å². The molecule has 2 aliphatic heterocycles. The number of hydrogen-bond acceptors (Lipinski definition) is 4. The molecule has 1 saturated carbocycles. The number of nitrogens with zero attached hydrogens (tertiary/aromatic N) is 2. The van der Waals surface area contributed by atoms with Crippen LogP contribution in [0.15, 0.2) is 0 Å². The van der Waals surface area contributed by atoms with Crippen molar-refractivity contribution in [3.63, 3.8) is 0 Å². The van der Waals surface area contributed by atoms with Gasteiger partial charge in [0.05, 0.1) is 25.2 Å². The minimum absolute atomic E-state index is 0.0391. The predicted molar refractivity (Wildman–Crippen MR) is 99.0 cm³/mol. The standard InChI is InChI=1S/C20H34F2N2O3/c1-2-26-13-5-18(25)24-12-14-27-19(16-24)8-10-23(11-9-19)15-17-3-6-20(21,22)7-4-17/h17H,2-16H2,1H3. The van der Waals surface area contributed by atoms with Crippen molar-refractivity contribution in [3.05, 3.63) is 0 Å². The summed E-state index contributed by atoms with van der Waals surface area (Å²) in [6, 6.07) is 0. The third kappa shape index (κ3) is 5.84. The first-order valence-electron chi connectivity index (χ1n) is 10.5. The molecule has 1 spiro atoms. The lowest BCUT2D eigenvalue weighted by molar-refractivity contribution is -0.160. The molecule has 2 saturated heterocycles. The van der Waals surface area contributed by atoms with Crippen molar-refractivity contribution in [3.8, 4) is 0 Å². The normalized spacial score (nSPS) is 26.4.